The van der Waals surface area contributed by atoms with Gasteiger partial charge in [-0.2, -0.15) is 0 Å². The average Bonchev–Trinajstić information content (AvgIpc) is 3.45. The number of phenols is 2. The molecule has 2 aromatic rings. The second-order valence-corrected chi connectivity index (χ2v) is 9.14. The van der Waals surface area contributed by atoms with Crippen LogP contribution in [0.3, 0.4) is 0 Å². The van der Waals surface area contributed by atoms with E-state index in [9.17, 15) is 15.3 Å². The van der Waals surface area contributed by atoms with Gasteiger partial charge >= 0.3 is 0 Å². The molecular weight excluding hydrogens is 372 g/mol. The van der Waals surface area contributed by atoms with Crippen LogP contribution in [0.4, 0.5) is 0 Å². The molecule has 0 saturated heterocycles. The van der Waals surface area contributed by atoms with Crippen molar-refractivity contribution < 1.29 is 15.3 Å². The predicted octanol–water partition coefficient (Wildman–Crippen LogP) is 6.28. The Balaban J connectivity index is 1.74. The zero-order valence-electron chi connectivity index (χ0n) is 17.8. The summed E-state index contributed by atoms with van der Waals surface area (Å²) in [5.74, 6) is 2.81. The van der Waals surface area contributed by atoms with Gasteiger partial charge in [-0.25, -0.2) is 0 Å². The van der Waals surface area contributed by atoms with Crippen molar-refractivity contribution >= 4 is 5.57 Å². The summed E-state index contributed by atoms with van der Waals surface area (Å²) in [6.07, 6.45) is 11.0. The van der Waals surface area contributed by atoms with E-state index in [1.54, 1.807) is 24.3 Å². The van der Waals surface area contributed by atoms with Crippen LogP contribution in [0.5, 0.6) is 11.5 Å². The zero-order valence-corrected chi connectivity index (χ0v) is 17.8. The fourth-order valence-electron chi connectivity index (χ4n) is 5.79. The smallest absolute Gasteiger partial charge is 0.115 e. The first-order valence-electron chi connectivity index (χ1n) is 11.6. The van der Waals surface area contributed by atoms with Gasteiger partial charge in [0, 0.05) is 6.61 Å². The molecule has 3 heteroatoms. The van der Waals surface area contributed by atoms with E-state index < -0.39 is 0 Å². The molecule has 160 valence electrons. The lowest BCUT2D eigenvalue weighted by Crippen LogP contribution is -2.10. The third kappa shape index (κ3) is 4.73. The average molecular weight is 407 g/mol. The van der Waals surface area contributed by atoms with Crippen molar-refractivity contribution in [1.82, 2.24) is 0 Å². The Hall–Kier alpha value is -2.26. The Morgan fingerprint density at radius 1 is 0.733 bits per heavy atom. The first-order valence-corrected chi connectivity index (χ1v) is 11.6. The van der Waals surface area contributed by atoms with E-state index in [0.717, 1.165) is 35.8 Å². The van der Waals surface area contributed by atoms with E-state index in [0.29, 0.717) is 5.92 Å². The lowest BCUT2D eigenvalue weighted by Gasteiger charge is -2.23. The lowest BCUT2D eigenvalue weighted by atomic mass is 9.81. The first-order chi connectivity index (χ1) is 14.7. The van der Waals surface area contributed by atoms with Gasteiger partial charge in [0.15, 0.2) is 0 Å². The number of hydrogen-bond donors (Lipinski definition) is 3. The van der Waals surface area contributed by atoms with Crippen LogP contribution >= 0.6 is 0 Å². The number of aliphatic hydroxyl groups excluding tert-OH is 1. The van der Waals surface area contributed by atoms with Crippen molar-refractivity contribution in [2.45, 2.75) is 57.8 Å². The fraction of sp³-hybridized carbons (Fsp3) is 0.481. The van der Waals surface area contributed by atoms with Crippen LogP contribution in [0.15, 0.2) is 54.1 Å². The Bertz CT molecular complexity index is 797. The van der Waals surface area contributed by atoms with Gasteiger partial charge in [0.1, 0.15) is 11.5 Å². The minimum atomic E-state index is 0.195. The number of rotatable bonds is 7. The zero-order chi connectivity index (χ0) is 20.9. The van der Waals surface area contributed by atoms with Crippen LogP contribution in [0.2, 0.25) is 0 Å². The standard InChI is InChI=1S/C27H34O3/c28-17-3-6-26(23-8-7-22(18-23)19-4-1-2-5-19)27(20-9-13-24(29)14-10-20)21-11-15-25(30)16-12-21/h9-16,19,22-23,28-30H,1-8,17-18H2. The molecule has 0 radical (unpaired) electrons. The lowest BCUT2D eigenvalue weighted by molar-refractivity contribution is 0.286. The summed E-state index contributed by atoms with van der Waals surface area (Å²) in [6, 6.07) is 14.9. The summed E-state index contributed by atoms with van der Waals surface area (Å²) < 4.78 is 0. The molecule has 2 unspecified atom stereocenters. The Kier molecular flexibility index (Phi) is 6.79. The van der Waals surface area contributed by atoms with Crippen LogP contribution < -0.4 is 0 Å². The van der Waals surface area contributed by atoms with Crippen molar-refractivity contribution in [2.24, 2.45) is 17.8 Å². The molecule has 2 atom stereocenters. The van der Waals surface area contributed by atoms with E-state index in [4.69, 9.17) is 0 Å². The summed E-state index contributed by atoms with van der Waals surface area (Å²) in [5.41, 5.74) is 4.83. The summed E-state index contributed by atoms with van der Waals surface area (Å²) in [4.78, 5) is 0. The molecular formula is C27H34O3. The molecule has 2 aromatic carbocycles. The Morgan fingerprint density at radius 3 is 1.83 bits per heavy atom. The third-order valence-corrected chi connectivity index (χ3v) is 7.27. The quantitative estimate of drug-likeness (QED) is 0.507. The topological polar surface area (TPSA) is 60.7 Å². The molecule has 0 heterocycles. The highest BCUT2D eigenvalue weighted by molar-refractivity contribution is 5.83. The number of benzene rings is 2. The molecule has 0 bridgehead atoms. The number of hydrogen-bond acceptors (Lipinski definition) is 3. The molecule has 2 aliphatic carbocycles. The summed E-state index contributed by atoms with van der Waals surface area (Å²) in [6.45, 7) is 0.195. The molecule has 3 nitrogen and oxygen atoms in total. The SMILES string of the molecule is OCCCC(=C(c1ccc(O)cc1)c1ccc(O)cc1)C1CCC(C2CCCC2)C1. The molecule has 30 heavy (non-hydrogen) atoms. The van der Waals surface area contributed by atoms with Gasteiger partial charge in [-0.15, -0.1) is 0 Å². The number of phenolic OH excluding ortho intramolecular Hbond substituents is 2. The summed E-state index contributed by atoms with van der Waals surface area (Å²) in [7, 11) is 0. The maximum Gasteiger partial charge on any atom is 0.115 e. The van der Waals surface area contributed by atoms with Crippen LogP contribution in [-0.2, 0) is 0 Å². The van der Waals surface area contributed by atoms with E-state index in [-0.39, 0.29) is 18.1 Å². The Labute approximate surface area is 180 Å². The van der Waals surface area contributed by atoms with Crippen molar-refractivity contribution in [2.75, 3.05) is 6.61 Å². The molecule has 0 spiro atoms. The largest absolute Gasteiger partial charge is 0.508 e. The van der Waals surface area contributed by atoms with E-state index in [1.165, 1.54) is 56.1 Å². The van der Waals surface area contributed by atoms with Crippen molar-refractivity contribution in [1.29, 1.82) is 0 Å². The molecule has 0 aromatic heterocycles. The molecule has 2 aliphatic rings. The highest BCUT2D eigenvalue weighted by atomic mass is 16.3. The van der Waals surface area contributed by atoms with Crippen molar-refractivity contribution in [3.8, 4) is 11.5 Å². The van der Waals surface area contributed by atoms with Crippen LogP contribution in [0, 0.1) is 17.8 Å². The molecule has 0 amide bonds. The van der Waals surface area contributed by atoms with Crippen molar-refractivity contribution in [3.63, 3.8) is 0 Å². The molecule has 2 saturated carbocycles. The maximum atomic E-state index is 9.81. The minimum absolute atomic E-state index is 0.195. The van der Waals surface area contributed by atoms with Crippen LogP contribution in [0.1, 0.15) is 68.9 Å². The molecule has 2 fully saturated rings. The monoisotopic (exact) mass is 406 g/mol. The molecule has 4 rings (SSSR count). The van der Waals surface area contributed by atoms with E-state index >= 15 is 0 Å². The molecule has 3 N–H and O–H groups in total. The second-order valence-electron chi connectivity index (χ2n) is 9.14. The van der Waals surface area contributed by atoms with Gasteiger partial charge in [-0.05, 0) is 90.8 Å². The Morgan fingerprint density at radius 2 is 1.30 bits per heavy atom. The summed E-state index contributed by atoms with van der Waals surface area (Å²) in [5, 5.41) is 29.2. The van der Waals surface area contributed by atoms with Gasteiger partial charge in [0.2, 0.25) is 0 Å². The molecule has 0 aliphatic heterocycles. The number of aromatic hydroxyl groups is 2. The van der Waals surface area contributed by atoms with Gasteiger partial charge in [0.05, 0.1) is 0 Å². The summed E-state index contributed by atoms with van der Waals surface area (Å²) >= 11 is 0. The predicted molar refractivity (Wildman–Crippen MR) is 121 cm³/mol. The van der Waals surface area contributed by atoms with Crippen LogP contribution in [0.25, 0.3) is 5.57 Å². The number of aliphatic hydroxyl groups is 1. The number of allylic oxidation sites excluding steroid dienone is 1. The van der Waals surface area contributed by atoms with Crippen molar-refractivity contribution in [3.05, 3.63) is 65.2 Å². The highest BCUT2D eigenvalue weighted by Crippen LogP contribution is 2.48. The highest BCUT2D eigenvalue weighted by Gasteiger charge is 2.34. The van der Waals surface area contributed by atoms with Gasteiger partial charge in [-0.1, -0.05) is 55.5 Å². The van der Waals surface area contributed by atoms with E-state index in [2.05, 4.69) is 0 Å². The van der Waals surface area contributed by atoms with E-state index in [1.807, 2.05) is 24.3 Å². The van der Waals surface area contributed by atoms with Gasteiger partial charge in [-0.3, -0.25) is 0 Å². The second kappa shape index (κ2) is 9.70. The van der Waals surface area contributed by atoms with Gasteiger partial charge in [0.25, 0.3) is 0 Å². The fourth-order valence-corrected chi connectivity index (χ4v) is 5.79. The first kappa shape index (κ1) is 21.0. The normalized spacial score (nSPS) is 21.8. The maximum absolute atomic E-state index is 9.81. The third-order valence-electron chi connectivity index (χ3n) is 7.27. The van der Waals surface area contributed by atoms with Gasteiger partial charge < -0.3 is 15.3 Å². The minimum Gasteiger partial charge on any atom is -0.508 e. The van der Waals surface area contributed by atoms with Crippen LogP contribution in [-0.4, -0.2) is 21.9 Å².